The number of hydrogen-bond acceptors (Lipinski definition) is 1. The molecule has 1 aromatic rings. The number of halogens is 2. The van der Waals surface area contributed by atoms with Crippen LogP contribution in [-0.4, -0.2) is 22.5 Å². The highest BCUT2D eigenvalue weighted by molar-refractivity contribution is 6.35. The molecule has 0 heterocycles. The lowest BCUT2D eigenvalue weighted by molar-refractivity contribution is 0.475. The highest BCUT2D eigenvalue weighted by Crippen LogP contribution is 2.25. The number of aromatic hydroxyl groups is 1. The molecule has 54 valence electrons. The Bertz CT molecular complexity index is 227. The van der Waals surface area contributed by atoms with Gasteiger partial charge in [0.05, 0.1) is 5.02 Å². The third-order valence-corrected chi connectivity index (χ3v) is 1.45. The van der Waals surface area contributed by atoms with Gasteiger partial charge in [0, 0.05) is 5.02 Å². The topological polar surface area (TPSA) is 20.2 Å². The highest BCUT2D eigenvalue weighted by atomic mass is 35.5. The number of rotatable bonds is 0. The summed E-state index contributed by atoms with van der Waals surface area (Å²) in [5.74, 6) is 0.0565. The van der Waals surface area contributed by atoms with Crippen LogP contribution in [0.1, 0.15) is 0 Å². The minimum Gasteiger partial charge on any atom is -0.506 e. The number of phenolic OH excluding ortho intramolecular Hbond substituents is 1. The van der Waals surface area contributed by atoms with Gasteiger partial charge in [0.25, 0.3) is 0 Å². The molecule has 0 fully saturated rings. The van der Waals surface area contributed by atoms with Crippen molar-refractivity contribution in [2.24, 2.45) is 0 Å². The van der Waals surface area contributed by atoms with Crippen LogP contribution in [0.3, 0.4) is 0 Å². The molecule has 0 amide bonds. The van der Waals surface area contributed by atoms with E-state index in [-0.39, 0.29) is 28.1 Å². The van der Waals surface area contributed by atoms with E-state index in [1.807, 2.05) is 0 Å². The van der Waals surface area contributed by atoms with Crippen molar-refractivity contribution >= 4 is 40.6 Å². The normalized spacial score (nSPS) is 8.60. The summed E-state index contributed by atoms with van der Waals surface area (Å²) in [6, 6.07) is 4.51. The second kappa shape index (κ2) is 4.10. The maximum absolute atomic E-state index is 8.85. The van der Waals surface area contributed by atoms with Gasteiger partial charge in [0.2, 0.25) is 0 Å². The SMILES string of the molecule is Oc1ccc(Cl)cc1Cl.[AlH3]. The molecule has 0 saturated heterocycles. The zero-order chi connectivity index (χ0) is 6.85. The quantitative estimate of drug-likeness (QED) is 0.619. The number of benzene rings is 1. The third kappa shape index (κ3) is 2.40. The Labute approximate surface area is 79.7 Å². The van der Waals surface area contributed by atoms with Crippen molar-refractivity contribution in [2.45, 2.75) is 0 Å². The van der Waals surface area contributed by atoms with Gasteiger partial charge in [-0.15, -0.1) is 0 Å². The van der Waals surface area contributed by atoms with Gasteiger partial charge in [0.1, 0.15) is 5.75 Å². The van der Waals surface area contributed by atoms with Crippen LogP contribution in [0.4, 0.5) is 0 Å². The van der Waals surface area contributed by atoms with Crippen molar-refractivity contribution < 1.29 is 5.11 Å². The van der Waals surface area contributed by atoms with Crippen LogP contribution in [0.5, 0.6) is 5.75 Å². The van der Waals surface area contributed by atoms with Crippen LogP contribution in [0.2, 0.25) is 10.0 Å². The smallest absolute Gasteiger partial charge is 0.187 e. The Morgan fingerprint density at radius 2 is 1.80 bits per heavy atom. The van der Waals surface area contributed by atoms with Crippen molar-refractivity contribution in [3.8, 4) is 5.75 Å². The summed E-state index contributed by atoms with van der Waals surface area (Å²) in [6.07, 6.45) is 0. The second-order valence-electron chi connectivity index (χ2n) is 1.60. The van der Waals surface area contributed by atoms with Crippen molar-refractivity contribution in [2.75, 3.05) is 0 Å². The summed E-state index contributed by atoms with van der Waals surface area (Å²) >= 11 is 11.0. The predicted octanol–water partition coefficient (Wildman–Crippen LogP) is 1.52. The lowest BCUT2D eigenvalue weighted by atomic mass is 10.3. The zero-order valence-corrected chi connectivity index (χ0v) is 5.95. The van der Waals surface area contributed by atoms with Crippen LogP contribution >= 0.6 is 23.2 Å². The Morgan fingerprint density at radius 1 is 1.20 bits per heavy atom. The monoisotopic (exact) mass is 192 g/mol. The van der Waals surface area contributed by atoms with Crippen molar-refractivity contribution in [3.05, 3.63) is 28.2 Å². The van der Waals surface area contributed by atoms with E-state index in [1.54, 1.807) is 6.07 Å². The minimum atomic E-state index is 0. The van der Waals surface area contributed by atoms with Gasteiger partial charge >= 0.3 is 0 Å². The van der Waals surface area contributed by atoms with Gasteiger partial charge in [-0.05, 0) is 18.2 Å². The Balaban J connectivity index is 0.000000810. The fourth-order valence-corrected chi connectivity index (χ4v) is 0.890. The number of hydrogen-bond donors (Lipinski definition) is 1. The molecule has 1 N–H and O–H groups in total. The maximum Gasteiger partial charge on any atom is 0.187 e. The fraction of sp³-hybridized carbons (Fsp3) is 0. The lowest BCUT2D eigenvalue weighted by Gasteiger charge is -1.93. The fourth-order valence-electron chi connectivity index (χ4n) is 0.481. The van der Waals surface area contributed by atoms with E-state index in [0.29, 0.717) is 5.02 Å². The van der Waals surface area contributed by atoms with E-state index in [4.69, 9.17) is 28.3 Å². The molecule has 0 aliphatic heterocycles. The van der Waals surface area contributed by atoms with Crippen LogP contribution < -0.4 is 0 Å². The van der Waals surface area contributed by atoms with Crippen molar-refractivity contribution in [1.29, 1.82) is 0 Å². The van der Waals surface area contributed by atoms with Gasteiger partial charge < -0.3 is 5.11 Å². The van der Waals surface area contributed by atoms with E-state index in [1.165, 1.54) is 12.1 Å². The predicted molar refractivity (Wildman–Crippen MR) is 48.1 cm³/mol. The first kappa shape index (κ1) is 10.1. The van der Waals surface area contributed by atoms with Crippen LogP contribution in [0, 0.1) is 0 Å². The molecule has 0 saturated carbocycles. The zero-order valence-electron chi connectivity index (χ0n) is 4.44. The standard InChI is InChI=1S/C6H4Cl2O.Al.3H/c7-4-1-2-6(9)5(8)3-4;;;;/h1-3,9H;;;;. The Hall–Kier alpha value is 0.132. The van der Waals surface area contributed by atoms with Gasteiger partial charge in [0.15, 0.2) is 17.4 Å². The molecular weight excluding hydrogens is 186 g/mol. The average molecular weight is 193 g/mol. The molecule has 10 heavy (non-hydrogen) atoms. The molecule has 0 unspecified atom stereocenters. The maximum atomic E-state index is 8.85. The van der Waals surface area contributed by atoms with Crippen LogP contribution in [-0.2, 0) is 0 Å². The Morgan fingerprint density at radius 3 is 2.20 bits per heavy atom. The summed E-state index contributed by atoms with van der Waals surface area (Å²) in [7, 11) is 0. The molecule has 0 bridgehead atoms. The molecule has 0 spiro atoms. The highest BCUT2D eigenvalue weighted by Gasteiger charge is 1.95. The summed E-state index contributed by atoms with van der Waals surface area (Å²) in [6.45, 7) is 0. The van der Waals surface area contributed by atoms with E-state index in [0.717, 1.165) is 0 Å². The first-order valence-corrected chi connectivity index (χ1v) is 3.10. The van der Waals surface area contributed by atoms with Gasteiger partial charge in [-0.3, -0.25) is 0 Å². The third-order valence-electron chi connectivity index (χ3n) is 0.910. The van der Waals surface area contributed by atoms with Crippen molar-refractivity contribution in [3.63, 3.8) is 0 Å². The molecule has 0 atom stereocenters. The van der Waals surface area contributed by atoms with Crippen molar-refractivity contribution in [1.82, 2.24) is 0 Å². The molecule has 1 aromatic carbocycles. The van der Waals surface area contributed by atoms with E-state index in [2.05, 4.69) is 0 Å². The number of phenols is 1. The summed E-state index contributed by atoms with van der Waals surface area (Å²) in [4.78, 5) is 0. The van der Waals surface area contributed by atoms with Crippen LogP contribution in [0.25, 0.3) is 0 Å². The molecule has 0 aromatic heterocycles. The first-order valence-electron chi connectivity index (χ1n) is 2.34. The lowest BCUT2D eigenvalue weighted by Crippen LogP contribution is -1.66. The summed E-state index contributed by atoms with van der Waals surface area (Å²) < 4.78 is 0. The van der Waals surface area contributed by atoms with Gasteiger partial charge in [-0.1, -0.05) is 23.2 Å². The largest absolute Gasteiger partial charge is 0.506 e. The molecule has 4 heteroatoms. The molecule has 0 aliphatic rings. The first-order chi connectivity index (χ1) is 4.20. The molecule has 1 nitrogen and oxygen atoms in total. The molecule has 0 radical (unpaired) electrons. The van der Waals surface area contributed by atoms with E-state index >= 15 is 0 Å². The van der Waals surface area contributed by atoms with Crippen LogP contribution in [0.15, 0.2) is 18.2 Å². The van der Waals surface area contributed by atoms with Gasteiger partial charge in [-0.25, -0.2) is 0 Å². The summed E-state index contributed by atoms with van der Waals surface area (Å²) in [5, 5.41) is 9.66. The Kier molecular flexibility index (Phi) is 4.16. The second-order valence-corrected chi connectivity index (χ2v) is 2.44. The van der Waals surface area contributed by atoms with E-state index < -0.39 is 0 Å². The molecule has 0 aliphatic carbocycles. The summed E-state index contributed by atoms with van der Waals surface area (Å²) in [5.41, 5.74) is 0. The molecule has 1 rings (SSSR count). The van der Waals surface area contributed by atoms with Gasteiger partial charge in [-0.2, -0.15) is 0 Å². The molecular formula is C6H7AlCl2O. The van der Waals surface area contributed by atoms with E-state index in [9.17, 15) is 0 Å². The minimum absolute atomic E-state index is 0. The average Bonchev–Trinajstić information content (AvgIpc) is 1.80.